The zero-order chi connectivity index (χ0) is 20.1. The van der Waals surface area contributed by atoms with Crippen LogP contribution in [-0.4, -0.2) is 34.2 Å². The third-order valence-corrected chi connectivity index (χ3v) is 5.21. The molecule has 0 spiro atoms. The molecule has 1 atom stereocenters. The van der Waals surface area contributed by atoms with Crippen LogP contribution in [0.2, 0.25) is 0 Å². The van der Waals surface area contributed by atoms with Gasteiger partial charge in [0.25, 0.3) is 0 Å². The molecule has 2 amide bonds. The van der Waals surface area contributed by atoms with E-state index in [-0.39, 0.29) is 36.7 Å². The van der Waals surface area contributed by atoms with Crippen LogP contribution in [0.4, 0.5) is 5.82 Å². The van der Waals surface area contributed by atoms with Crippen molar-refractivity contribution >= 4 is 30.0 Å². The number of nitrogens with zero attached hydrogens (tertiary/aromatic N) is 2. The van der Waals surface area contributed by atoms with Gasteiger partial charge in [-0.1, -0.05) is 44.9 Å². The molecule has 8 heteroatoms. The largest absolute Gasteiger partial charge is 0.346 e. The maximum Gasteiger partial charge on any atom is 0.244 e. The molecule has 0 radical (unpaired) electrons. The maximum atomic E-state index is 12.4. The molecule has 1 aromatic heterocycles. The Morgan fingerprint density at radius 2 is 1.86 bits per heavy atom. The second-order valence-electron chi connectivity index (χ2n) is 7.72. The summed E-state index contributed by atoms with van der Waals surface area (Å²) in [6, 6.07) is 11.0. The van der Waals surface area contributed by atoms with Crippen LogP contribution in [-0.2, 0) is 9.59 Å². The number of anilines is 1. The highest BCUT2D eigenvalue weighted by atomic mass is 35.5. The molecule has 1 heterocycles. The van der Waals surface area contributed by atoms with Crippen molar-refractivity contribution in [1.29, 1.82) is 0 Å². The van der Waals surface area contributed by atoms with Crippen molar-refractivity contribution < 1.29 is 9.59 Å². The lowest BCUT2D eigenvalue weighted by atomic mass is 10.0. The fraction of sp³-hybridized carbons (Fsp3) is 0.476. The zero-order valence-corrected chi connectivity index (χ0v) is 17.7. The molecular formula is C21H30ClN5O2. The van der Waals surface area contributed by atoms with Crippen LogP contribution in [0.25, 0.3) is 5.69 Å². The Kier molecular flexibility index (Phi) is 8.22. The number of aromatic nitrogens is 2. The molecule has 0 unspecified atom stereocenters. The smallest absolute Gasteiger partial charge is 0.244 e. The molecule has 1 aliphatic carbocycles. The molecule has 4 N–H and O–H groups in total. The summed E-state index contributed by atoms with van der Waals surface area (Å²) in [6.07, 6.45) is 4.68. The Morgan fingerprint density at radius 3 is 2.48 bits per heavy atom. The number of hydrogen-bond donors (Lipinski definition) is 3. The Hall–Kier alpha value is -2.38. The quantitative estimate of drug-likeness (QED) is 0.641. The van der Waals surface area contributed by atoms with Gasteiger partial charge in [-0.15, -0.1) is 12.4 Å². The molecule has 0 saturated heterocycles. The molecule has 1 aliphatic rings. The normalized spacial score (nSPS) is 15.0. The van der Waals surface area contributed by atoms with E-state index in [0.29, 0.717) is 11.7 Å². The molecule has 2 aromatic rings. The van der Waals surface area contributed by atoms with Crippen LogP contribution in [0.5, 0.6) is 0 Å². The van der Waals surface area contributed by atoms with E-state index >= 15 is 0 Å². The molecule has 1 saturated carbocycles. The van der Waals surface area contributed by atoms with Crippen LogP contribution in [0.15, 0.2) is 36.4 Å². The fourth-order valence-corrected chi connectivity index (χ4v) is 3.45. The van der Waals surface area contributed by atoms with Gasteiger partial charge in [-0.05, 0) is 30.9 Å². The van der Waals surface area contributed by atoms with Crippen LogP contribution in [0.3, 0.4) is 0 Å². The van der Waals surface area contributed by atoms with Crippen LogP contribution < -0.4 is 16.4 Å². The van der Waals surface area contributed by atoms with Crippen molar-refractivity contribution in [1.82, 2.24) is 15.1 Å². The highest BCUT2D eigenvalue weighted by molar-refractivity contribution is 5.95. The van der Waals surface area contributed by atoms with Gasteiger partial charge in [-0.2, -0.15) is 5.10 Å². The molecule has 7 nitrogen and oxygen atoms in total. The van der Waals surface area contributed by atoms with Crippen molar-refractivity contribution in [2.75, 3.05) is 11.9 Å². The summed E-state index contributed by atoms with van der Waals surface area (Å²) < 4.78 is 1.76. The van der Waals surface area contributed by atoms with Crippen LogP contribution in [0.1, 0.15) is 51.1 Å². The Balaban J connectivity index is 0.00000300. The fourth-order valence-electron chi connectivity index (χ4n) is 3.45. The number of hydrogen-bond acceptors (Lipinski definition) is 4. The number of halogens is 1. The number of para-hydroxylation sites is 1. The summed E-state index contributed by atoms with van der Waals surface area (Å²) in [4.78, 5) is 24.4. The summed E-state index contributed by atoms with van der Waals surface area (Å²) in [5, 5.41) is 10.2. The first-order valence-electron chi connectivity index (χ1n) is 9.94. The average Bonchev–Trinajstić information content (AvgIpc) is 3.36. The average molecular weight is 420 g/mol. The van der Waals surface area contributed by atoms with E-state index in [9.17, 15) is 9.59 Å². The number of amides is 2. The second-order valence-corrected chi connectivity index (χ2v) is 7.72. The van der Waals surface area contributed by atoms with Gasteiger partial charge in [0, 0.05) is 12.0 Å². The third-order valence-electron chi connectivity index (χ3n) is 5.21. The van der Waals surface area contributed by atoms with Crippen LogP contribution >= 0.6 is 12.4 Å². The van der Waals surface area contributed by atoms with Crippen molar-refractivity contribution in [3.8, 4) is 5.69 Å². The summed E-state index contributed by atoms with van der Waals surface area (Å²) >= 11 is 0. The lowest BCUT2D eigenvalue weighted by Crippen LogP contribution is -2.46. The first kappa shape index (κ1) is 22.9. The highest BCUT2D eigenvalue weighted by Gasteiger charge is 2.23. The summed E-state index contributed by atoms with van der Waals surface area (Å²) in [6.45, 7) is 3.61. The van der Waals surface area contributed by atoms with Gasteiger partial charge in [0.1, 0.15) is 5.82 Å². The molecule has 0 aliphatic heterocycles. The molecule has 3 rings (SSSR count). The number of nitrogens with one attached hydrogen (secondary N) is 2. The predicted molar refractivity (Wildman–Crippen MR) is 116 cm³/mol. The first-order valence-corrected chi connectivity index (χ1v) is 9.94. The van der Waals surface area contributed by atoms with Gasteiger partial charge >= 0.3 is 0 Å². The molecular weight excluding hydrogens is 390 g/mol. The van der Waals surface area contributed by atoms with Crippen molar-refractivity contribution in [3.05, 3.63) is 42.1 Å². The van der Waals surface area contributed by atoms with Crippen molar-refractivity contribution in [3.63, 3.8) is 0 Å². The lowest BCUT2D eigenvalue weighted by Gasteiger charge is -2.15. The minimum Gasteiger partial charge on any atom is -0.346 e. The van der Waals surface area contributed by atoms with Gasteiger partial charge in [0.15, 0.2) is 0 Å². The molecule has 1 aromatic carbocycles. The van der Waals surface area contributed by atoms with Gasteiger partial charge in [-0.25, -0.2) is 4.68 Å². The zero-order valence-electron chi connectivity index (χ0n) is 16.9. The van der Waals surface area contributed by atoms with E-state index in [1.165, 1.54) is 12.8 Å². The van der Waals surface area contributed by atoms with E-state index in [1.54, 1.807) is 4.68 Å². The lowest BCUT2D eigenvalue weighted by molar-refractivity contribution is -0.125. The van der Waals surface area contributed by atoms with Crippen molar-refractivity contribution in [2.24, 2.45) is 11.7 Å². The summed E-state index contributed by atoms with van der Waals surface area (Å²) in [5.41, 5.74) is 7.70. The number of benzene rings is 1. The Bertz CT molecular complexity index is 816. The van der Waals surface area contributed by atoms with Gasteiger partial charge in [0.2, 0.25) is 11.8 Å². The van der Waals surface area contributed by atoms with Gasteiger partial charge in [-0.3, -0.25) is 9.59 Å². The number of rotatable bonds is 7. The van der Waals surface area contributed by atoms with E-state index in [2.05, 4.69) is 10.6 Å². The second kappa shape index (κ2) is 10.4. The SMILES string of the molecule is CC(C)[C@H](N)C(=O)NCC(=O)Nc1cc(C2CCCC2)nn1-c1ccccc1.Cl. The highest BCUT2D eigenvalue weighted by Crippen LogP contribution is 2.35. The molecule has 1 fully saturated rings. The first-order chi connectivity index (χ1) is 13.5. The Morgan fingerprint density at radius 1 is 1.21 bits per heavy atom. The minimum absolute atomic E-state index is 0. The van der Waals surface area contributed by atoms with E-state index < -0.39 is 6.04 Å². The topological polar surface area (TPSA) is 102 Å². The van der Waals surface area contributed by atoms with Crippen molar-refractivity contribution in [2.45, 2.75) is 51.5 Å². The number of carbonyl (C=O) groups is 2. The van der Waals surface area contributed by atoms with Gasteiger partial charge < -0.3 is 16.4 Å². The monoisotopic (exact) mass is 419 g/mol. The van der Waals surface area contributed by atoms with E-state index in [0.717, 1.165) is 24.2 Å². The Labute approximate surface area is 177 Å². The third kappa shape index (κ3) is 5.81. The number of carbonyl (C=O) groups excluding carboxylic acids is 2. The number of nitrogens with two attached hydrogens (primary N) is 1. The standard InChI is InChI=1S/C21H29N5O2.ClH/c1-14(2)20(22)21(28)23-13-19(27)24-18-12-17(15-8-6-7-9-15)25-26(18)16-10-4-3-5-11-16;/h3-5,10-12,14-15,20H,6-9,13,22H2,1-2H3,(H,23,28)(H,24,27);1H/t20-;/m0./s1. The maximum absolute atomic E-state index is 12.4. The van der Waals surface area contributed by atoms with E-state index in [1.807, 2.05) is 50.2 Å². The predicted octanol–water partition coefficient (Wildman–Crippen LogP) is 2.99. The minimum atomic E-state index is -0.628. The van der Waals surface area contributed by atoms with E-state index in [4.69, 9.17) is 10.8 Å². The van der Waals surface area contributed by atoms with Gasteiger partial charge in [0.05, 0.1) is 24.0 Å². The molecule has 0 bridgehead atoms. The molecule has 29 heavy (non-hydrogen) atoms. The summed E-state index contributed by atoms with van der Waals surface area (Å²) in [7, 11) is 0. The molecule has 158 valence electrons. The summed E-state index contributed by atoms with van der Waals surface area (Å²) in [5.74, 6) is 0.425. The van der Waals surface area contributed by atoms with Crippen LogP contribution in [0, 0.1) is 5.92 Å².